The van der Waals surface area contributed by atoms with Gasteiger partial charge in [-0.2, -0.15) is 5.26 Å². The lowest BCUT2D eigenvalue weighted by Crippen LogP contribution is -1.94. The Bertz CT molecular complexity index is 615. The predicted molar refractivity (Wildman–Crippen MR) is 77.3 cm³/mol. The normalized spacial score (nSPS) is 10.3. The molecule has 0 atom stereocenters. The van der Waals surface area contributed by atoms with Gasteiger partial charge in [0.05, 0.1) is 6.20 Å². The molecule has 0 spiro atoms. The van der Waals surface area contributed by atoms with Gasteiger partial charge in [0, 0.05) is 4.47 Å². The second-order valence-electron chi connectivity index (χ2n) is 4.43. The van der Waals surface area contributed by atoms with E-state index in [1.54, 1.807) is 18.3 Å². The van der Waals surface area contributed by atoms with Gasteiger partial charge in [-0.3, -0.25) is 0 Å². The number of halogens is 1. The molecule has 1 heterocycles. The molecule has 0 aliphatic heterocycles. The smallest absolute Gasteiger partial charge is 0.145 e. The van der Waals surface area contributed by atoms with Crippen LogP contribution in [0.3, 0.4) is 0 Å². The third kappa shape index (κ3) is 3.33. The zero-order valence-electron chi connectivity index (χ0n) is 10.7. The Balaban J connectivity index is 2.30. The van der Waals surface area contributed by atoms with E-state index in [9.17, 15) is 0 Å². The van der Waals surface area contributed by atoms with Crippen LogP contribution in [0.15, 0.2) is 41.0 Å². The zero-order valence-corrected chi connectivity index (χ0v) is 12.3. The van der Waals surface area contributed by atoms with Crippen molar-refractivity contribution in [3.05, 3.63) is 52.3 Å². The molecule has 1 aromatic heterocycles. The van der Waals surface area contributed by atoms with Crippen molar-refractivity contribution in [2.75, 3.05) is 0 Å². The molecule has 0 N–H and O–H groups in total. The van der Waals surface area contributed by atoms with E-state index in [1.165, 1.54) is 0 Å². The molecule has 3 nitrogen and oxygen atoms in total. The highest BCUT2D eigenvalue weighted by molar-refractivity contribution is 9.10. The van der Waals surface area contributed by atoms with Crippen molar-refractivity contribution in [3.8, 4) is 17.6 Å². The number of nitriles is 1. The Labute approximate surface area is 121 Å². The van der Waals surface area contributed by atoms with Gasteiger partial charge in [0.25, 0.3) is 0 Å². The van der Waals surface area contributed by atoms with Gasteiger partial charge in [0.2, 0.25) is 0 Å². The number of rotatable bonds is 3. The summed E-state index contributed by atoms with van der Waals surface area (Å²) in [5.74, 6) is 1.80. The maximum Gasteiger partial charge on any atom is 0.145 e. The van der Waals surface area contributed by atoms with Gasteiger partial charge >= 0.3 is 0 Å². The number of pyridine rings is 1. The van der Waals surface area contributed by atoms with Crippen LogP contribution in [0.1, 0.15) is 31.0 Å². The number of hydrogen-bond acceptors (Lipinski definition) is 3. The van der Waals surface area contributed by atoms with E-state index in [0.717, 1.165) is 15.8 Å². The number of nitrogens with zero attached hydrogens (tertiary/aromatic N) is 2. The van der Waals surface area contributed by atoms with Crippen LogP contribution in [-0.4, -0.2) is 4.98 Å². The summed E-state index contributed by atoms with van der Waals surface area (Å²) in [6.07, 6.45) is 1.56. The third-order valence-electron chi connectivity index (χ3n) is 2.67. The second kappa shape index (κ2) is 5.85. The van der Waals surface area contributed by atoms with Gasteiger partial charge < -0.3 is 4.74 Å². The van der Waals surface area contributed by atoms with Crippen molar-refractivity contribution in [1.29, 1.82) is 5.26 Å². The van der Waals surface area contributed by atoms with E-state index in [4.69, 9.17) is 10.00 Å². The standard InChI is InChI=1S/C15H13BrN2O/c1-10(2)14-7-11(16)3-6-15(14)19-13-5-4-12(8-17)18-9-13/h3-7,9-10H,1-2H3. The first-order chi connectivity index (χ1) is 9.10. The minimum absolute atomic E-state index is 0.360. The first kappa shape index (κ1) is 13.6. The van der Waals surface area contributed by atoms with Gasteiger partial charge in [-0.15, -0.1) is 0 Å². The van der Waals surface area contributed by atoms with Gasteiger partial charge in [-0.1, -0.05) is 29.8 Å². The fraction of sp³-hybridized carbons (Fsp3) is 0.200. The van der Waals surface area contributed by atoms with Crippen molar-refractivity contribution in [1.82, 2.24) is 4.98 Å². The molecular formula is C15H13BrN2O. The molecule has 0 fully saturated rings. The van der Waals surface area contributed by atoms with E-state index in [0.29, 0.717) is 17.4 Å². The fourth-order valence-corrected chi connectivity index (χ4v) is 2.08. The minimum atomic E-state index is 0.360. The van der Waals surface area contributed by atoms with Gasteiger partial charge in [-0.25, -0.2) is 4.98 Å². The maximum absolute atomic E-state index is 8.71. The summed E-state index contributed by atoms with van der Waals surface area (Å²) in [5, 5.41) is 8.71. The van der Waals surface area contributed by atoms with Crippen LogP contribution in [0.5, 0.6) is 11.5 Å². The summed E-state index contributed by atoms with van der Waals surface area (Å²) in [5.41, 5.74) is 1.51. The summed E-state index contributed by atoms with van der Waals surface area (Å²) < 4.78 is 6.86. The number of aromatic nitrogens is 1. The monoisotopic (exact) mass is 316 g/mol. The van der Waals surface area contributed by atoms with Crippen molar-refractivity contribution < 1.29 is 4.74 Å². The van der Waals surface area contributed by atoms with Crippen LogP contribution in [-0.2, 0) is 0 Å². The van der Waals surface area contributed by atoms with Crippen LogP contribution in [0.25, 0.3) is 0 Å². The fourth-order valence-electron chi connectivity index (χ4n) is 1.70. The first-order valence-electron chi connectivity index (χ1n) is 5.93. The average Bonchev–Trinajstić information content (AvgIpc) is 2.41. The van der Waals surface area contributed by atoms with Crippen LogP contribution in [0, 0.1) is 11.3 Å². The van der Waals surface area contributed by atoms with Gasteiger partial charge in [0.1, 0.15) is 23.3 Å². The molecule has 0 unspecified atom stereocenters. The largest absolute Gasteiger partial charge is 0.455 e. The molecule has 0 saturated heterocycles. The number of hydrogen-bond donors (Lipinski definition) is 0. The third-order valence-corrected chi connectivity index (χ3v) is 3.17. The highest BCUT2D eigenvalue weighted by Crippen LogP contribution is 2.32. The Hall–Kier alpha value is -1.86. The second-order valence-corrected chi connectivity index (χ2v) is 5.35. The van der Waals surface area contributed by atoms with Crippen LogP contribution < -0.4 is 4.74 Å². The molecule has 96 valence electrons. The molecule has 2 rings (SSSR count). The molecule has 0 aliphatic rings. The van der Waals surface area contributed by atoms with Gasteiger partial charge in [-0.05, 0) is 41.8 Å². The number of ether oxygens (including phenoxy) is 1. The first-order valence-corrected chi connectivity index (χ1v) is 6.73. The Morgan fingerprint density at radius 3 is 2.63 bits per heavy atom. The molecular weight excluding hydrogens is 304 g/mol. The molecule has 0 bridgehead atoms. The lowest BCUT2D eigenvalue weighted by Gasteiger charge is -2.14. The van der Waals surface area contributed by atoms with Crippen molar-refractivity contribution >= 4 is 15.9 Å². The van der Waals surface area contributed by atoms with Crippen molar-refractivity contribution in [2.45, 2.75) is 19.8 Å². The highest BCUT2D eigenvalue weighted by Gasteiger charge is 2.09. The Kier molecular flexibility index (Phi) is 4.18. The minimum Gasteiger partial charge on any atom is -0.455 e. The summed E-state index contributed by atoms with van der Waals surface area (Å²) in [6, 6.07) is 11.3. The molecule has 0 amide bonds. The van der Waals surface area contributed by atoms with Gasteiger partial charge in [0.15, 0.2) is 0 Å². The van der Waals surface area contributed by atoms with Crippen LogP contribution >= 0.6 is 15.9 Å². The van der Waals surface area contributed by atoms with E-state index in [1.807, 2.05) is 18.2 Å². The topological polar surface area (TPSA) is 45.9 Å². The molecule has 1 aromatic carbocycles. The predicted octanol–water partition coefficient (Wildman–Crippen LogP) is 4.63. The zero-order chi connectivity index (χ0) is 13.8. The molecule has 0 radical (unpaired) electrons. The highest BCUT2D eigenvalue weighted by atomic mass is 79.9. The van der Waals surface area contributed by atoms with Crippen LogP contribution in [0.2, 0.25) is 0 Å². The van der Waals surface area contributed by atoms with E-state index in [2.05, 4.69) is 40.8 Å². The van der Waals surface area contributed by atoms with E-state index < -0.39 is 0 Å². The quantitative estimate of drug-likeness (QED) is 0.829. The maximum atomic E-state index is 8.71. The lowest BCUT2D eigenvalue weighted by atomic mass is 10.0. The molecule has 19 heavy (non-hydrogen) atoms. The molecule has 0 aliphatic carbocycles. The summed E-state index contributed by atoms with van der Waals surface area (Å²) >= 11 is 3.46. The average molecular weight is 317 g/mol. The summed E-state index contributed by atoms with van der Waals surface area (Å²) in [6.45, 7) is 4.23. The van der Waals surface area contributed by atoms with Crippen LogP contribution in [0.4, 0.5) is 0 Å². The number of benzene rings is 1. The summed E-state index contributed by atoms with van der Waals surface area (Å²) in [7, 11) is 0. The van der Waals surface area contributed by atoms with E-state index in [-0.39, 0.29) is 0 Å². The Morgan fingerprint density at radius 2 is 2.05 bits per heavy atom. The molecule has 0 saturated carbocycles. The lowest BCUT2D eigenvalue weighted by molar-refractivity contribution is 0.470. The SMILES string of the molecule is CC(C)c1cc(Br)ccc1Oc1ccc(C#N)nc1. The van der Waals surface area contributed by atoms with E-state index >= 15 is 0 Å². The van der Waals surface area contributed by atoms with Crippen molar-refractivity contribution in [2.24, 2.45) is 0 Å². The molecule has 4 heteroatoms. The molecule has 2 aromatic rings. The summed E-state index contributed by atoms with van der Waals surface area (Å²) in [4.78, 5) is 3.99. The Morgan fingerprint density at radius 1 is 1.26 bits per heavy atom. The van der Waals surface area contributed by atoms with Crippen molar-refractivity contribution in [3.63, 3.8) is 0 Å².